The number of nitrogens with one attached hydrogen (secondary N) is 1. The SMILES string of the molecule is COc1ccc(NC(=O)[C@H](CC(C)C)n2cccc2)cn1. The van der Waals surface area contributed by atoms with Crippen LogP contribution in [0.3, 0.4) is 0 Å². The summed E-state index contributed by atoms with van der Waals surface area (Å²) in [6, 6.07) is 7.14. The lowest BCUT2D eigenvalue weighted by Crippen LogP contribution is -2.26. The maximum Gasteiger partial charge on any atom is 0.247 e. The molecule has 0 radical (unpaired) electrons. The first-order valence-electron chi connectivity index (χ1n) is 7.03. The molecule has 0 aliphatic carbocycles. The molecule has 0 unspecified atom stereocenters. The molecule has 0 fully saturated rings. The van der Waals surface area contributed by atoms with E-state index in [2.05, 4.69) is 24.1 Å². The first kappa shape index (κ1) is 15.1. The smallest absolute Gasteiger partial charge is 0.247 e. The number of ether oxygens (including phenoxy) is 1. The Morgan fingerprint density at radius 1 is 1.33 bits per heavy atom. The number of carbonyl (C=O) groups excluding carboxylic acids is 1. The van der Waals surface area contributed by atoms with E-state index in [1.807, 2.05) is 29.1 Å². The number of aromatic nitrogens is 2. The van der Waals surface area contributed by atoms with Gasteiger partial charge in [-0.2, -0.15) is 0 Å². The van der Waals surface area contributed by atoms with Crippen molar-refractivity contribution in [2.24, 2.45) is 5.92 Å². The highest BCUT2D eigenvalue weighted by atomic mass is 16.5. The minimum Gasteiger partial charge on any atom is -0.481 e. The van der Waals surface area contributed by atoms with Crippen molar-refractivity contribution in [3.05, 3.63) is 42.9 Å². The first-order valence-corrected chi connectivity index (χ1v) is 7.03. The van der Waals surface area contributed by atoms with Crippen LogP contribution in [0, 0.1) is 5.92 Å². The normalized spacial score (nSPS) is 12.2. The topological polar surface area (TPSA) is 56.1 Å². The summed E-state index contributed by atoms with van der Waals surface area (Å²) >= 11 is 0. The van der Waals surface area contributed by atoms with E-state index >= 15 is 0 Å². The van der Waals surface area contributed by atoms with Gasteiger partial charge in [0.15, 0.2) is 0 Å². The highest BCUT2D eigenvalue weighted by molar-refractivity contribution is 5.93. The van der Waals surface area contributed by atoms with Gasteiger partial charge in [-0.3, -0.25) is 4.79 Å². The highest BCUT2D eigenvalue weighted by Crippen LogP contribution is 2.20. The number of methoxy groups -OCH3 is 1. The van der Waals surface area contributed by atoms with Gasteiger partial charge >= 0.3 is 0 Å². The molecule has 0 bridgehead atoms. The van der Waals surface area contributed by atoms with E-state index in [1.54, 1.807) is 25.4 Å². The van der Waals surface area contributed by atoms with Crippen LogP contribution in [0.15, 0.2) is 42.9 Å². The standard InChI is InChI=1S/C16H21N3O2/c1-12(2)10-14(19-8-4-5-9-19)16(20)18-13-6-7-15(21-3)17-11-13/h4-9,11-12,14H,10H2,1-3H3,(H,18,20)/t14-/m0/s1. The van der Waals surface area contributed by atoms with Gasteiger partial charge in [0.05, 0.1) is 19.0 Å². The fourth-order valence-corrected chi connectivity index (χ4v) is 2.17. The Kier molecular flexibility index (Phi) is 4.98. The van der Waals surface area contributed by atoms with E-state index in [0.29, 0.717) is 17.5 Å². The average molecular weight is 287 g/mol. The molecule has 1 atom stereocenters. The van der Waals surface area contributed by atoms with Crippen molar-refractivity contribution in [2.45, 2.75) is 26.3 Å². The highest BCUT2D eigenvalue weighted by Gasteiger charge is 2.21. The number of hydrogen-bond acceptors (Lipinski definition) is 3. The molecule has 2 heterocycles. The second-order valence-electron chi connectivity index (χ2n) is 5.35. The number of rotatable bonds is 6. The van der Waals surface area contributed by atoms with E-state index in [-0.39, 0.29) is 11.9 Å². The average Bonchev–Trinajstić information content (AvgIpc) is 2.99. The molecule has 2 rings (SSSR count). The van der Waals surface area contributed by atoms with Crippen molar-refractivity contribution in [3.63, 3.8) is 0 Å². The maximum absolute atomic E-state index is 12.5. The van der Waals surface area contributed by atoms with Crippen LogP contribution >= 0.6 is 0 Å². The summed E-state index contributed by atoms with van der Waals surface area (Å²) in [6.45, 7) is 4.22. The van der Waals surface area contributed by atoms with E-state index in [4.69, 9.17) is 4.74 Å². The number of hydrogen-bond donors (Lipinski definition) is 1. The van der Waals surface area contributed by atoms with Crippen LogP contribution < -0.4 is 10.1 Å². The van der Waals surface area contributed by atoms with Crippen LogP contribution in [0.4, 0.5) is 5.69 Å². The van der Waals surface area contributed by atoms with Gasteiger partial charge in [-0.25, -0.2) is 4.98 Å². The molecule has 2 aromatic rings. The molecule has 112 valence electrons. The van der Waals surface area contributed by atoms with Gasteiger partial charge in [-0.1, -0.05) is 13.8 Å². The third kappa shape index (κ3) is 4.08. The molecule has 0 saturated carbocycles. The molecule has 1 N–H and O–H groups in total. The van der Waals surface area contributed by atoms with Gasteiger partial charge in [0.1, 0.15) is 6.04 Å². The Hall–Kier alpha value is -2.30. The van der Waals surface area contributed by atoms with Crippen molar-refractivity contribution in [2.75, 3.05) is 12.4 Å². The Morgan fingerprint density at radius 3 is 2.57 bits per heavy atom. The summed E-state index contributed by atoms with van der Waals surface area (Å²) < 4.78 is 6.94. The van der Waals surface area contributed by atoms with E-state index in [9.17, 15) is 4.79 Å². The molecular formula is C16H21N3O2. The summed E-state index contributed by atoms with van der Waals surface area (Å²) in [5.41, 5.74) is 0.668. The van der Waals surface area contributed by atoms with Crippen molar-refractivity contribution in [3.8, 4) is 5.88 Å². The molecule has 0 saturated heterocycles. The number of amides is 1. The van der Waals surface area contributed by atoms with Crippen LogP contribution in [-0.2, 0) is 4.79 Å². The number of carbonyl (C=O) groups is 1. The van der Waals surface area contributed by atoms with E-state index in [0.717, 1.165) is 6.42 Å². The second kappa shape index (κ2) is 6.92. The fourth-order valence-electron chi connectivity index (χ4n) is 2.17. The van der Waals surface area contributed by atoms with Crippen LogP contribution in [-0.4, -0.2) is 22.6 Å². The Balaban J connectivity index is 2.10. The van der Waals surface area contributed by atoms with Gasteiger partial charge < -0.3 is 14.6 Å². The third-order valence-electron chi connectivity index (χ3n) is 3.20. The summed E-state index contributed by atoms with van der Waals surface area (Å²) in [7, 11) is 1.56. The van der Waals surface area contributed by atoms with Crippen molar-refractivity contribution in [1.82, 2.24) is 9.55 Å². The summed E-state index contributed by atoms with van der Waals surface area (Å²) in [6.07, 6.45) is 6.21. The number of nitrogens with zero attached hydrogens (tertiary/aromatic N) is 2. The second-order valence-corrected chi connectivity index (χ2v) is 5.35. The maximum atomic E-state index is 12.5. The lowest BCUT2D eigenvalue weighted by molar-refractivity contribution is -0.119. The quantitative estimate of drug-likeness (QED) is 0.888. The molecule has 5 heteroatoms. The van der Waals surface area contributed by atoms with Crippen LogP contribution in [0.5, 0.6) is 5.88 Å². The monoisotopic (exact) mass is 287 g/mol. The van der Waals surface area contributed by atoms with Gasteiger partial charge in [-0.15, -0.1) is 0 Å². The lowest BCUT2D eigenvalue weighted by atomic mass is 10.0. The molecule has 0 spiro atoms. The van der Waals surface area contributed by atoms with Gasteiger partial charge in [-0.05, 0) is 30.5 Å². The Morgan fingerprint density at radius 2 is 2.05 bits per heavy atom. The van der Waals surface area contributed by atoms with Gasteiger partial charge in [0, 0.05) is 18.5 Å². The van der Waals surface area contributed by atoms with Crippen LogP contribution in [0.2, 0.25) is 0 Å². The molecule has 0 aromatic carbocycles. The molecule has 1 amide bonds. The minimum atomic E-state index is -0.220. The summed E-state index contributed by atoms with van der Waals surface area (Å²) in [5, 5.41) is 2.91. The third-order valence-corrected chi connectivity index (χ3v) is 3.20. The predicted octanol–water partition coefficient (Wildman–Crippen LogP) is 3.12. The lowest BCUT2D eigenvalue weighted by Gasteiger charge is -2.20. The van der Waals surface area contributed by atoms with E-state index < -0.39 is 0 Å². The predicted molar refractivity (Wildman–Crippen MR) is 82.3 cm³/mol. The molecular weight excluding hydrogens is 266 g/mol. The molecule has 21 heavy (non-hydrogen) atoms. The van der Waals surface area contributed by atoms with Crippen molar-refractivity contribution in [1.29, 1.82) is 0 Å². The van der Waals surface area contributed by atoms with E-state index in [1.165, 1.54) is 0 Å². The molecule has 2 aromatic heterocycles. The van der Waals surface area contributed by atoms with Crippen LogP contribution in [0.1, 0.15) is 26.3 Å². The fraction of sp³-hybridized carbons (Fsp3) is 0.375. The number of anilines is 1. The number of pyridine rings is 1. The van der Waals surface area contributed by atoms with Crippen molar-refractivity contribution >= 4 is 11.6 Å². The van der Waals surface area contributed by atoms with Gasteiger partial charge in [0.2, 0.25) is 11.8 Å². The minimum absolute atomic E-state index is 0.0353. The van der Waals surface area contributed by atoms with Crippen LogP contribution in [0.25, 0.3) is 0 Å². The largest absolute Gasteiger partial charge is 0.481 e. The first-order chi connectivity index (χ1) is 10.1. The summed E-state index contributed by atoms with van der Waals surface area (Å²) in [4.78, 5) is 16.6. The van der Waals surface area contributed by atoms with Gasteiger partial charge in [0.25, 0.3) is 0 Å². The summed E-state index contributed by atoms with van der Waals surface area (Å²) in [5.74, 6) is 0.918. The zero-order valence-corrected chi connectivity index (χ0v) is 12.6. The Labute approximate surface area is 125 Å². The molecule has 5 nitrogen and oxygen atoms in total. The molecule has 0 aliphatic heterocycles. The Bertz CT molecular complexity index is 562. The van der Waals surface area contributed by atoms with Crippen molar-refractivity contribution < 1.29 is 9.53 Å². The zero-order valence-electron chi connectivity index (χ0n) is 12.6. The zero-order chi connectivity index (χ0) is 15.2. The molecule has 0 aliphatic rings.